The van der Waals surface area contributed by atoms with Gasteiger partial charge in [-0.25, -0.2) is 4.79 Å². The molecule has 28 heavy (non-hydrogen) atoms. The summed E-state index contributed by atoms with van der Waals surface area (Å²) in [4.78, 5) is 28.0. The number of hydrogen-bond donors (Lipinski definition) is 1. The first-order chi connectivity index (χ1) is 13.5. The van der Waals surface area contributed by atoms with Crippen LogP contribution in [0.25, 0.3) is 0 Å². The average Bonchev–Trinajstić information content (AvgIpc) is 3.13. The van der Waals surface area contributed by atoms with Gasteiger partial charge in [0.1, 0.15) is 13.2 Å². The highest BCUT2D eigenvalue weighted by molar-refractivity contribution is 5.94. The minimum atomic E-state index is -0.202. The molecule has 0 saturated carbocycles. The van der Waals surface area contributed by atoms with Crippen molar-refractivity contribution in [3.63, 3.8) is 0 Å². The van der Waals surface area contributed by atoms with Gasteiger partial charge in [-0.05, 0) is 24.3 Å². The molecule has 0 radical (unpaired) electrons. The molecule has 1 N–H and O–H groups in total. The quantitative estimate of drug-likeness (QED) is 0.854. The number of aromatic nitrogens is 2. The molecule has 9 heteroatoms. The van der Waals surface area contributed by atoms with E-state index in [4.69, 9.17) is 9.47 Å². The molecule has 1 aromatic heterocycles. The molecule has 0 atom stereocenters. The van der Waals surface area contributed by atoms with Gasteiger partial charge in [-0.1, -0.05) is 0 Å². The SMILES string of the molecule is CN(C)C(=O)N1CCn2nc(CNC(=O)c3ccc4c(c3)OCCO4)cc2C1. The first-order valence-corrected chi connectivity index (χ1v) is 9.21. The van der Waals surface area contributed by atoms with Crippen molar-refractivity contribution in [1.29, 1.82) is 0 Å². The first kappa shape index (κ1) is 18.1. The number of rotatable bonds is 3. The number of urea groups is 1. The third-order valence-electron chi connectivity index (χ3n) is 4.74. The molecule has 9 nitrogen and oxygen atoms in total. The lowest BCUT2D eigenvalue weighted by molar-refractivity contribution is 0.0949. The Balaban J connectivity index is 1.38. The van der Waals surface area contributed by atoms with Gasteiger partial charge in [0.2, 0.25) is 0 Å². The lowest BCUT2D eigenvalue weighted by atomic mass is 10.2. The molecule has 4 rings (SSSR count). The minimum absolute atomic E-state index is 0.0130. The highest BCUT2D eigenvalue weighted by atomic mass is 16.6. The lowest BCUT2D eigenvalue weighted by Gasteiger charge is -2.29. The van der Waals surface area contributed by atoms with Gasteiger partial charge in [0.05, 0.1) is 31.0 Å². The third kappa shape index (κ3) is 3.60. The van der Waals surface area contributed by atoms with E-state index < -0.39 is 0 Å². The highest BCUT2D eigenvalue weighted by Gasteiger charge is 2.23. The molecular weight excluding hydrogens is 362 g/mol. The second-order valence-corrected chi connectivity index (χ2v) is 6.99. The summed E-state index contributed by atoms with van der Waals surface area (Å²) >= 11 is 0. The van der Waals surface area contributed by atoms with Crippen molar-refractivity contribution >= 4 is 11.9 Å². The maximum Gasteiger partial charge on any atom is 0.319 e. The summed E-state index contributed by atoms with van der Waals surface area (Å²) < 4.78 is 12.9. The number of carbonyl (C=O) groups is 2. The Morgan fingerprint density at radius 2 is 1.93 bits per heavy atom. The summed E-state index contributed by atoms with van der Waals surface area (Å²) in [7, 11) is 3.49. The molecule has 0 fully saturated rings. The van der Waals surface area contributed by atoms with Crippen molar-refractivity contribution in [3.05, 3.63) is 41.2 Å². The van der Waals surface area contributed by atoms with Crippen LogP contribution in [0.2, 0.25) is 0 Å². The number of ether oxygens (including phenoxy) is 2. The summed E-state index contributed by atoms with van der Waals surface area (Å²) in [5, 5.41) is 7.41. The predicted molar refractivity (Wildman–Crippen MR) is 100 cm³/mol. The highest BCUT2D eigenvalue weighted by Crippen LogP contribution is 2.30. The molecule has 0 spiro atoms. The Hall–Kier alpha value is -3.23. The number of carbonyl (C=O) groups excluding carboxylic acids is 2. The number of hydrogen-bond acceptors (Lipinski definition) is 5. The molecule has 2 aliphatic heterocycles. The van der Waals surface area contributed by atoms with E-state index in [9.17, 15) is 9.59 Å². The van der Waals surface area contributed by atoms with E-state index in [1.54, 1.807) is 42.1 Å². The number of fused-ring (bicyclic) bond motifs is 2. The topological polar surface area (TPSA) is 88.9 Å². The van der Waals surface area contributed by atoms with Gasteiger partial charge in [0, 0.05) is 26.2 Å². The van der Waals surface area contributed by atoms with Gasteiger partial charge >= 0.3 is 6.03 Å². The smallest absolute Gasteiger partial charge is 0.319 e. The molecule has 148 valence electrons. The summed E-state index contributed by atoms with van der Waals surface area (Å²) in [6.45, 7) is 3.08. The molecule has 3 heterocycles. The van der Waals surface area contributed by atoms with Crippen LogP contribution in [-0.2, 0) is 19.6 Å². The molecule has 0 saturated heterocycles. The van der Waals surface area contributed by atoms with Crippen LogP contribution in [0.1, 0.15) is 21.7 Å². The molecule has 2 aromatic rings. The van der Waals surface area contributed by atoms with Crippen molar-refractivity contribution in [2.24, 2.45) is 0 Å². The van der Waals surface area contributed by atoms with Crippen LogP contribution >= 0.6 is 0 Å². The van der Waals surface area contributed by atoms with Crippen LogP contribution < -0.4 is 14.8 Å². The Kier molecular flexibility index (Phi) is 4.81. The fourth-order valence-electron chi connectivity index (χ4n) is 3.32. The molecular formula is C19H23N5O4. The van der Waals surface area contributed by atoms with Gasteiger partial charge in [-0.2, -0.15) is 5.10 Å². The van der Waals surface area contributed by atoms with Crippen molar-refractivity contribution in [3.8, 4) is 11.5 Å². The number of nitrogens with zero attached hydrogens (tertiary/aromatic N) is 4. The van der Waals surface area contributed by atoms with E-state index in [-0.39, 0.29) is 11.9 Å². The summed E-state index contributed by atoms with van der Waals surface area (Å²) in [5.41, 5.74) is 2.24. The van der Waals surface area contributed by atoms with Gasteiger partial charge in [0.15, 0.2) is 11.5 Å². The molecule has 2 aliphatic rings. The van der Waals surface area contributed by atoms with Crippen molar-refractivity contribution < 1.29 is 19.1 Å². The van der Waals surface area contributed by atoms with Crippen LogP contribution in [0.5, 0.6) is 11.5 Å². The Morgan fingerprint density at radius 3 is 2.71 bits per heavy atom. The van der Waals surface area contributed by atoms with Crippen molar-refractivity contribution in [2.75, 3.05) is 33.9 Å². The Bertz CT molecular complexity index is 908. The van der Waals surface area contributed by atoms with Crippen LogP contribution in [0.3, 0.4) is 0 Å². The number of benzene rings is 1. The number of nitrogens with one attached hydrogen (secondary N) is 1. The zero-order chi connectivity index (χ0) is 19.7. The standard InChI is InChI=1S/C19H23N5O4/c1-22(2)19(26)23-5-6-24-15(12-23)10-14(21-24)11-20-18(25)13-3-4-16-17(9-13)28-8-7-27-16/h3-4,9-10H,5-8,11-12H2,1-2H3,(H,20,25). The van der Waals surface area contributed by atoms with E-state index in [1.165, 1.54) is 0 Å². The van der Waals surface area contributed by atoms with Crippen molar-refractivity contribution in [1.82, 2.24) is 24.9 Å². The molecule has 3 amide bonds. The fourth-order valence-corrected chi connectivity index (χ4v) is 3.32. The van der Waals surface area contributed by atoms with Gasteiger partial charge < -0.3 is 24.6 Å². The third-order valence-corrected chi connectivity index (χ3v) is 4.74. The van der Waals surface area contributed by atoms with E-state index in [0.29, 0.717) is 56.5 Å². The zero-order valence-corrected chi connectivity index (χ0v) is 16.0. The normalized spacial score (nSPS) is 15.0. The molecule has 0 aliphatic carbocycles. The second kappa shape index (κ2) is 7.41. The lowest BCUT2D eigenvalue weighted by Crippen LogP contribution is -2.43. The van der Waals surface area contributed by atoms with Gasteiger partial charge in [-0.15, -0.1) is 0 Å². The van der Waals surface area contributed by atoms with Gasteiger partial charge in [-0.3, -0.25) is 9.48 Å². The summed E-state index contributed by atoms with van der Waals surface area (Å²) in [5.74, 6) is 1.04. The largest absolute Gasteiger partial charge is 0.486 e. The van der Waals surface area contributed by atoms with E-state index >= 15 is 0 Å². The first-order valence-electron chi connectivity index (χ1n) is 9.21. The fraction of sp³-hybridized carbons (Fsp3) is 0.421. The molecule has 0 bridgehead atoms. The summed E-state index contributed by atoms with van der Waals surface area (Å²) in [6.07, 6.45) is 0. The van der Waals surface area contributed by atoms with Crippen LogP contribution in [0.15, 0.2) is 24.3 Å². The Labute approximate surface area is 162 Å². The summed E-state index contributed by atoms with van der Waals surface area (Å²) in [6, 6.07) is 7.06. The maximum atomic E-state index is 12.5. The van der Waals surface area contributed by atoms with Crippen LogP contribution in [0.4, 0.5) is 4.79 Å². The van der Waals surface area contributed by atoms with Gasteiger partial charge in [0.25, 0.3) is 5.91 Å². The number of amides is 3. The van der Waals surface area contributed by atoms with E-state index in [0.717, 1.165) is 11.4 Å². The molecule has 0 unspecified atom stereocenters. The van der Waals surface area contributed by atoms with Crippen LogP contribution in [0, 0.1) is 0 Å². The maximum absolute atomic E-state index is 12.5. The average molecular weight is 385 g/mol. The predicted octanol–water partition coefficient (Wildman–Crippen LogP) is 1.08. The van der Waals surface area contributed by atoms with Crippen LogP contribution in [-0.4, -0.2) is 65.4 Å². The second-order valence-electron chi connectivity index (χ2n) is 6.99. The van der Waals surface area contributed by atoms with E-state index in [2.05, 4.69) is 10.4 Å². The van der Waals surface area contributed by atoms with E-state index in [1.807, 2.05) is 10.7 Å². The monoisotopic (exact) mass is 385 g/mol. The minimum Gasteiger partial charge on any atom is -0.486 e. The Morgan fingerprint density at radius 1 is 1.14 bits per heavy atom. The zero-order valence-electron chi connectivity index (χ0n) is 16.0. The van der Waals surface area contributed by atoms with Crippen molar-refractivity contribution in [2.45, 2.75) is 19.6 Å². The molecule has 1 aromatic carbocycles.